The molecule has 2 aliphatic heterocycles. The second-order valence-corrected chi connectivity index (χ2v) is 7.14. The summed E-state index contributed by atoms with van der Waals surface area (Å²) in [5.41, 5.74) is 1.53. The maximum Gasteiger partial charge on any atom is 0.254 e. The van der Waals surface area contributed by atoms with Crippen LogP contribution in [0.1, 0.15) is 22.0 Å². The largest absolute Gasteiger partial charge is 0.481 e. The summed E-state index contributed by atoms with van der Waals surface area (Å²) in [6.45, 7) is 4.95. The highest BCUT2D eigenvalue weighted by Gasteiger charge is 2.38. The Labute approximate surface area is 170 Å². The van der Waals surface area contributed by atoms with Crippen molar-refractivity contribution in [2.24, 2.45) is 0 Å². The van der Waals surface area contributed by atoms with Gasteiger partial charge in [0.2, 0.25) is 5.88 Å². The maximum absolute atomic E-state index is 13.4. The quantitative estimate of drug-likeness (QED) is 0.753. The van der Waals surface area contributed by atoms with Gasteiger partial charge in [-0.2, -0.15) is 0 Å². The van der Waals surface area contributed by atoms with Crippen molar-refractivity contribution in [1.82, 2.24) is 19.8 Å². The molecule has 2 fully saturated rings. The lowest BCUT2D eigenvalue weighted by atomic mass is 9.97. The fraction of sp³-hybridized carbons (Fsp3) is 0.476. The topological polar surface area (TPSA) is 77.0 Å². The van der Waals surface area contributed by atoms with E-state index in [1.165, 1.54) is 0 Å². The van der Waals surface area contributed by atoms with Gasteiger partial charge in [-0.25, -0.2) is 4.98 Å². The van der Waals surface area contributed by atoms with Gasteiger partial charge in [-0.3, -0.25) is 14.7 Å². The summed E-state index contributed by atoms with van der Waals surface area (Å²) in [4.78, 5) is 26.0. The van der Waals surface area contributed by atoms with E-state index in [4.69, 9.17) is 14.2 Å². The van der Waals surface area contributed by atoms with Gasteiger partial charge >= 0.3 is 0 Å². The first-order valence-corrected chi connectivity index (χ1v) is 9.89. The number of aromatic nitrogens is 2. The lowest BCUT2D eigenvalue weighted by molar-refractivity contribution is -0.0819. The molecule has 1 amide bonds. The van der Waals surface area contributed by atoms with E-state index >= 15 is 0 Å². The summed E-state index contributed by atoms with van der Waals surface area (Å²) in [6.07, 6.45) is 5.01. The van der Waals surface area contributed by atoms with Crippen LogP contribution in [-0.4, -0.2) is 84.9 Å². The molecule has 0 aromatic carbocycles. The SMILES string of the molecule is COc1cc(C(=O)N2CCO[C@@H](CN3CCOCC3)[C@@H]2c2cccnc2)ccn1. The fourth-order valence-corrected chi connectivity index (χ4v) is 3.92. The number of hydrogen-bond donors (Lipinski definition) is 0. The summed E-state index contributed by atoms with van der Waals surface area (Å²) >= 11 is 0. The van der Waals surface area contributed by atoms with Crippen LogP contribution in [0.3, 0.4) is 0 Å². The number of hydrogen-bond acceptors (Lipinski definition) is 7. The van der Waals surface area contributed by atoms with Gasteiger partial charge in [0.05, 0.1) is 39.1 Å². The second-order valence-electron chi connectivity index (χ2n) is 7.14. The van der Waals surface area contributed by atoms with Gasteiger partial charge in [0, 0.05) is 56.4 Å². The monoisotopic (exact) mass is 398 g/mol. The molecule has 8 heteroatoms. The van der Waals surface area contributed by atoms with E-state index in [0.717, 1.165) is 38.4 Å². The minimum absolute atomic E-state index is 0.0603. The number of carbonyl (C=O) groups is 1. The van der Waals surface area contributed by atoms with Gasteiger partial charge in [0.1, 0.15) is 0 Å². The molecular weight excluding hydrogens is 372 g/mol. The molecule has 8 nitrogen and oxygen atoms in total. The van der Waals surface area contributed by atoms with Gasteiger partial charge in [0.15, 0.2) is 0 Å². The smallest absolute Gasteiger partial charge is 0.254 e. The van der Waals surface area contributed by atoms with Crippen molar-refractivity contribution in [1.29, 1.82) is 0 Å². The summed E-state index contributed by atoms with van der Waals surface area (Å²) in [5, 5.41) is 0. The Bertz CT molecular complexity index is 813. The zero-order chi connectivity index (χ0) is 20.1. The van der Waals surface area contributed by atoms with E-state index in [-0.39, 0.29) is 18.1 Å². The molecule has 2 aromatic heterocycles. The van der Waals surface area contributed by atoms with E-state index in [9.17, 15) is 4.79 Å². The van der Waals surface area contributed by atoms with Gasteiger partial charge < -0.3 is 19.1 Å². The van der Waals surface area contributed by atoms with Crippen LogP contribution in [-0.2, 0) is 9.47 Å². The highest BCUT2D eigenvalue weighted by atomic mass is 16.5. The first-order chi connectivity index (χ1) is 14.3. The molecule has 29 heavy (non-hydrogen) atoms. The molecule has 0 unspecified atom stereocenters. The maximum atomic E-state index is 13.4. The van der Waals surface area contributed by atoms with Crippen LogP contribution >= 0.6 is 0 Å². The highest BCUT2D eigenvalue weighted by molar-refractivity contribution is 5.94. The van der Waals surface area contributed by atoms with Crippen LogP contribution in [0, 0.1) is 0 Å². The third-order valence-electron chi connectivity index (χ3n) is 5.37. The number of methoxy groups -OCH3 is 1. The van der Waals surface area contributed by atoms with Crippen molar-refractivity contribution in [3.05, 3.63) is 54.0 Å². The molecule has 0 N–H and O–H groups in total. The molecule has 2 aliphatic rings. The molecule has 4 rings (SSSR count). The number of nitrogens with zero attached hydrogens (tertiary/aromatic N) is 4. The molecule has 4 heterocycles. The predicted octanol–water partition coefficient (Wildman–Crippen LogP) is 1.40. The zero-order valence-electron chi connectivity index (χ0n) is 16.6. The Balaban J connectivity index is 1.62. The molecule has 0 aliphatic carbocycles. The van der Waals surface area contributed by atoms with Crippen LogP contribution < -0.4 is 4.74 Å². The lowest BCUT2D eigenvalue weighted by Crippen LogP contribution is -2.53. The van der Waals surface area contributed by atoms with Crippen LogP contribution in [0.2, 0.25) is 0 Å². The number of morpholine rings is 2. The Morgan fingerprint density at radius 2 is 2.07 bits per heavy atom. The molecule has 0 spiro atoms. The summed E-state index contributed by atoms with van der Waals surface area (Å²) in [7, 11) is 1.54. The third kappa shape index (κ3) is 4.55. The van der Waals surface area contributed by atoms with Crippen molar-refractivity contribution < 1.29 is 19.0 Å². The van der Waals surface area contributed by atoms with Gasteiger partial charge in [-0.05, 0) is 17.7 Å². The van der Waals surface area contributed by atoms with E-state index in [2.05, 4.69) is 14.9 Å². The van der Waals surface area contributed by atoms with Crippen LogP contribution in [0.15, 0.2) is 42.9 Å². The molecule has 0 saturated carbocycles. The summed E-state index contributed by atoms with van der Waals surface area (Å²) < 4.78 is 16.8. The van der Waals surface area contributed by atoms with E-state index < -0.39 is 0 Å². The molecule has 2 aromatic rings. The van der Waals surface area contributed by atoms with Gasteiger partial charge in [-0.15, -0.1) is 0 Å². The van der Waals surface area contributed by atoms with Crippen LogP contribution in [0.4, 0.5) is 0 Å². The highest BCUT2D eigenvalue weighted by Crippen LogP contribution is 2.31. The number of rotatable bonds is 5. The molecular formula is C21H26N4O4. The van der Waals surface area contributed by atoms with Crippen molar-refractivity contribution in [3.63, 3.8) is 0 Å². The normalized spacial score (nSPS) is 23.0. The van der Waals surface area contributed by atoms with Crippen molar-refractivity contribution in [2.45, 2.75) is 12.1 Å². The first kappa shape index (κ1) is 19.8. The first-order valence-electron chi connectivity index (χ1n) is 9.89. The number of carbonyl (C=O) groups excluding carboxylic acids is 1. The molecule has 0 bridgehead atoms. The molecule has 0 radical (unpaired) electrons. The Hall–Kier alpha value is -2.55. The van der Waals surface area contributed by atoms with Crippen molar-refractivity contribution in [3.8, 4) is 5.88 Å². The summed E-state index contributed by atoms with van der Waals surface area (Å²) in [6, 6.07) is 7.08. The fourth-order valence-electron chi connectivity index (χ4n) is 3.92. The second kappa shape index (κ2) is 9.30. The average molecular weight is 398 g/mol. The number of amides is 1. The molecule has 154 valence electrons. The van der Waals surface area contributed by atoms with Crippen LogP contribution in [0.25, 0.3) is 0 Å². The van der Waals surface area contributed by atoms with Gasteiger partial charge in [-0.1, -0.05) is 6.07 Å². The minimum atomic E-state index is -0.216. The molecule has 2 atom stereocenters. The minimum Gasteiger partial charge on any atom is -0.481 e. The van der Waals surface area contributed by atoms with Crippen molar-refractivity contribution in [2.75, 3.05) is 53.1 Å². The third-order valence-corrected chi connectivity index (χ3v) is 5.37. The Morgan fingerprint density at radius 3 is 2.83 bits per heavy atom. The Morgan fingerprint density at radius 1 is 1.21 bits per heavy atom. The standard InChI is InChI=1S/C21H26N4O4/c1-27-19-13-16(4-6-23-19)21(26)25-9-12-29-18(15-24-7-10-28-11-8-24)20(25)17-3-2-5-22-14-17/h2-6,13-14,18,20H,7-12,15H2,1H3/t18-,20-/m0/s1. The lowest BCUT2D eigenvalue weighted by Gasteiger charge is -2.43. The van der Waals surface area contributed by atoms with Gasteiger partial charge in [0.25, 0.3) is 5.91 Å². The number of ether oxygens (including phenoxy) is 3. The van der Waals surface area contributed by atoms with E-state index in [1.54, 1.807) is 31.6 Å². The molecule has 2 saturated heterocycles. The average Bonchev–Trinajstić information content (AvgIpc) is 2.80. The summed E-state index contributed by atoms with van der Waals surface area (Å²) in [5.74, 6) is 0.363. The van der Waals surface area contributed by atoms with Crippen molar-refractivity contribution >= 4 is 5.91 Å². The predicted molar refractivity (Wildman–Crippen MR) is 106 cm³/mol. The Kier molecular flexibility index (Phi) is 6.33. The van der Waals surface area contributed by atoms with E-state index in [1.807, 2.05) is 23.2 Å². The number of pyridine rings is 2. The van der Waals surface area contributed by atoms with E-state index in [0.29, 0.717) is 24.6 Å². The zero-order valence-corrected chi connectivity index (χ0v) is 16.6. The van der Waals surface area contributed by atoms with Crippen LogP contribution in [0.5, 0.6) is 5.88 Å².